The third-order valence-corrected chi connectivity index (χ3v) is 2.86. The molecule has 0 aromatic heterocycles. The SMILES string of the molecule is CCOc1cc(NCCCSC)ccc1N. The van der Waals surface area contributed by atoms with Gasteiger partial charge in [0.2, 0.25) is 0 Å². The summed E-state index contributed by atoms with van der Waals surface area (Å²) in [6, 6.07) is 5.82. The molecule has 1 aromatic rings. The summed E-state index contributed by atoms with van der Waals surface area (Å²) in [4.78, 5) is 0. The second kappa shape index (κ2) is 7.28. The van der Waals surface area contributed by atoms with Crippen LogP contribution in [0.25, 0.3) is 0 Å². The van der Waals surface area contributed by atoms with Crippen LogP contribution in [0.2, 0.25) is 0 Å². The largest absolute Gasteiger partial charge is 0.492 e. The lowest BCUT2D eigenvalue weighted by Gasteiger charge is -2.10. The average molecular weight is 240 g/mol. The van der Waals surface area contributed by atoms with Crippen molar-refractivity contribution in [1.29, 1.82) is 0 Å². The van der Waals surface area contributed by atoms with Gasteiger partial charge in [-0.2, -0.15) is 11.8 Å². The summed E-state index contributed by atoms with van der Waals surface area (Å²) >= 11 is 1.87. The number of rotatable bonds is 7. The Labute approximate surface area is 102 Å². The van der Waals surface area contributed by atoms with Crippen molar-refractivity contribution in [1.82, 2.24) is 0 Å². The van der Waals surface area contributed by atoms with Crippen LogP contribution >= 0.6 is 11.8 Å². The summed E-state index contributed by atoms with van der Waals surface area (Å²) in [5.41, 5.74) is 7.56. The third kappa shape index (κ3) is 4.23. The Kier molecular flexibility index (Phi) is 5.93. The first kappa shape index (κ1) is 13.0. The molecule has 0 fully saturated rings. The normalized spacial score (nSPS) is 10.1. The van der Waals surface area contributed by atoms with E-state index in [4.69, 9.17) is 10.5 Å². The minimum atomic E-state index is 0.639. The van der Waals surface area contributed by atoms with Crippen LogP contribution in [0, 0.1) is 0 Å². The number of hydrogen-bond acceptors (Lipinski definition) is 4. The minimum Gasteiger partial charge on any atom is -0.492 e. The molecule has 0 spiro atoms. The average Bonchev–Trinajstić information content (AvgIpc) is 2.29. The van der Waals surface area contributed by atoms with Crippen LogP contribution in [0.15, 0.2) is 18.2 Å². The molecule has 0 amide bonds. The van der Waals surface area contributed by atoms with Crippen molar-refractivity contribution in [2.45, 2.75) is 13.3 Å². The second-order valence-corrected chi connectivity index (χ2v) is 4.44. The molecule has 3 nitrogen and oxygen atoms in total. The van der Waals surface area contributed by atoms with Crippen LogP contribution in [-0.2, 0) is 0 Å². The Balaban J connectivity index is 2.50. The summed E-state index contributed by atoms with van der Waals surface area (Å²) < 4.78 is 5.44. The third-order valence-electron chi connectivity index (χ3n) is 2.17. The Morgan fingerprint density at radius 1 is 1.44 bits per heavy atom. The maximum atomic E-state index is 5.80. The van der Waals surface area contributed by atoms with Gasteiger partial charge in [-0.05, 0) is 37.5 Å². The number of hydrogen-bond donors (Lipinski definition) is 2. The first-order chi connectivity index (χ1) is 7.77. The van der Waals surface area contributed by atoms with Gasteiger partial charge in [0.05, 0.1) is 12.3 Å². The molecule has 0 aliphatic carbocycles. The number of ether oxygens (including phenoxy) is 1. The molecule has 0 atom stereocenters. The molecule has 3 N–H and O–H groups in total. The molecular formula is C12H20N2OS. The predicted octanol–water partition coefficient (Wildman–Crippen LogP) is 2.83. The smallest absolute Gasteiger partial charge is 0.144 e. The van der Waals surface area contributed by atoms with E-state index in [1.54, 1.807) is 0 Å². The van der Waals surface area contributed by atoms with E-state index in [0.29, 0.717) is 12.3 Å². The van der Waals surface area contributed by atoms with Gasteiger partial charge in [0.15, 0.2) is 0 Å². The molecule has 0 saturated heterocycles. The fourth-order valence-electron chi connectivity index (χ4n) is 1.37. The zero-order valence-corrected chi connectivity index (χ0v) is 10.8. The zero-order chi connectivity index (χ0) is 11.8. The Bertz CT molecular complexity index is 318. The highest BCUT2D eigenvalue weighted by molar-refractivity contribution is 7.98. The molecule has 0 aliphatic rings. The Morgan fingerprint density at radius 3 is 2.94 bits per heavy atom. The van der Waals surface area contributed by atoms with E-state index in [9.17, 15) is 0 Å². The summed E-state index contributed by atoms with van der Waals surface area (Å²) in [6.07, 6.45) is 3.28. The molecule has 1 aromatic carbocycles. The van der Waals surface area contributed by atoms with Crippen LogP contribution in [0.4, 0.5) is 11.4 Å². The van der Waals surface area contributed by atoms with E-state index in [2.05, 4.69) is 11.6 Å². The fraction of sp³-hybridized carbons (Fsp3) is 0.500. The van der Waals surface area contributed by atoms with E-state index in [0.717, 1.165) is 24.4 Å². The highest BCUT2D eigenvalue weighted by atomic mass is 32.2. The maximum Gasteiger partial charge on any atom is 0.144 e. The van der Waals surface area contributed by atoms with E-state index in [1.165, 1.54) is 5.75 Å². The standard InChI is InChI=1S/C12H20N2OS/c1-3-15-12-9-10(5-6-11(12)13)14-7-4-8-16-2/h5-6,9,14H,3-4,7-8,13H2,1-2H3. The molecule has 1 rings (SSSR count). The van der Waals surface area contributed by atoms with Gasteiger partial charge in [-0.15, -0.1) is 0 Å². The lowest BCUT2D eigenvalue weighted by molar-refractivity contribution is 0.342. The van der Waals surface area contributed by atoms with Crippen molar-refractivity contribution in [2.24, 2.45) is 0 Å². The van der Waals surface area contributed by atoms with Crippen molar-refractivity contribution < 1.29 is 4.74 Å². The number of thioether (sulfide) groups is 1. The molecule has 0 aliphatic heterocycles. The molecule has 0 unspecified atom stereocenters. The topological polar surface area (TPSA) is 47.3 Å². The van der Waals surface area contributed by atoms with Gasteiger partial charge in [-0.1, -0.05) is 0 Å². The van der Waals surface area contributed by atoms with Gasteiger partial charge < -0.3 is 15.8 Å². The summed E-state index contributed by atoms with van der Waals surface area (Å²) in [7, 11) is 0. The van der Waals surface area contributed by atoms with Gasteiger partial charge in [0.25, 0.3) is 0 Å². The number of anilines is 2. The monoisotopic (exact) mass is 240 g/mol. The van der Waals surface area contributed by atoms with Crippen molar-refractivity contribution >= 4 is 23.1 Å². The predicted molar refractivity (Wildman–Crippen MR) is 73.5 cm³/mol. The van der Waals surface area contributed by atoms with Crippen LogP contribution in [0.1, 0.15) is 13.3 Å². The molecule has 90 valence electrons. The van der Waals surface area contributed by atoms with Crippen LogP contribution < -0.4 is 15.8 Å². The summed E-state index contributed by atoms with van der Waals surface area (Å²) in [6.45, 7) is 3.58. The summed E-state index contributed by atoms with van der Waals surface area (Å²) in [5, 5.41) is 3.36. The number of nitrogens with one attached hydrogen (secondary N) is 1. The first-order valence-corrected chi connectivity index (χ1v) is 6.92. The first-order valence-electron chi connectivity index (χ1n) is 5.53. The van der Waals surface area contributed by atoms with E-state index in [-0.39, 0.29) is 0 Å². The lowest BCUT2D eigenvalue weighted by Crippen LogP contribution is -2.04. The highest BCUT2D eigenvalue weighted by Crippen LogP contribution is 2.25. The second-order valence-electron chi connectivity index (χ2n) is 3.46. The quantitative estimate of drug-likeness (QED) is 0.568. The van der Waals surface area contributed by atoms with Crippen molar-refractivity contribution in [2.75, 3.05) is 36.2 Å². The van der Waals surface area contributed by atoms with E-state index in [1.807, 2.05) is 36.9 Å². The highest BCUT2D eigenvalue weighted by Gasteiger charge is 2.01. The molecule has 4 heteroatoms. The minimum absolute atomic E-state index is 0.639. The fourth-order valence-corrected chi connectivity index (χ4v) is 1.81. The molecular weight excluding hydrogens is 220 g/mol. The summed E-state index contributed by atoms with van der Waals surface area (Å²) in [5.74, 6) is 1.94. The molecule has 0 saturated carbocycles. The van der Waals surface area contributed by atoms with Gasteiger partial charge in [0, 0.05) is 18.3 Å². The molecule has 16 heavy (non-hydrogen) atoms. The van der Waals surface area contributed by atoms with Gasteiger partial charge in [-0.3, -0.25) is 0 Å². The zero-order valence-electron chi connectivity index (χ0n) is 9.95. The lowest BCUT2D eigenvalue weighted by atomic mass is 10.2. The molecule has 0 heterocycles. The van der Waals surface area contributed by atoms with Crippen molar-refractivity contribution in [3.63, 3.8) is 0 Å². The Morgan fingerprint density at radius 2 is 2.25 bits per heavy atom. The van der Waals surface area contributed by atoms with Crippen molar-refractivity contribution in [3.8, 4) is 5.75 Å². The van der Waals surface area contributed by atoms with Gasteiger partial charge >= 0.3 is 0 Å². The van der Waals surface area contributed by atoms with E-state index < -0.39 is 0 Å². The molecule has 0 radical (unpaired) electrons. The van der Waals surface area contributed by atoms with Gasteiger partial charge in [0.1, 0.15) is 5.75 Å². The van der Waals surface area contributed by atoms with E-state index >= 15 is 0 Å². The number of nitrogen functional groups attached to an aromatic ring is 1. The van der Waals surface area contributed by atoms with Crippen LogP contribution in [-0.4, -0.2) is 25.2 Å². The Hall–Kier alpha value is -1.03. The van der Waals surface area contributed by atoms with Crippen LogP contribution in [0.5, 0.6) is 5.75 Å². The maximum absolute atomic E-state index is 5.80. The number of nitrogens with two attached hydrogens (primary N) is 1. The number of benzene rings is 1. The van der Waals surface area contributed by atoms with Gasteiger partial charge in [-0.25, -0.2) is 0 Å². The molecule has 0 bridgehead atoms. The van der Waals surface area contributed by atoms with Crippen molar-refractivity contribution in [3.05, 3.63) is 18.2 Å². The van der Waals surface area contributed by atoms with Crippen LogP contribution in [0.3, 0.4) is 0 Å².